The number of likely N-dealkylation sites (tertiary alicyclic amines) is 1. The Kier molecular flexibility index (Phi) is 13.6. The molecule has 0 radical (unpaired) electrons. The number of esters is 1. The summed E-state index contributed by atoms with van der Waals surface area (Å²) in [4.78, 5) is 65.4. The van der Waals surface area contributed by atoms with Crippen LogP contribution in [0.25, 0.3) is 0 Å². The molecule has 3 rings (SSSR count). The fourth-order valence-corrected chi connectivity index (χ4v) is 5.31. The van der Waals surface area contributed by atoms with Gasteiger partial charge in [-0.1, -0.05) is 6.07 Å². The Morgan fingerprint density at radius 2 is 1.71 bits per heavy atom. The summed E-state index contributed by atoms with van der Waals surface area (Å²) < 4.78 is 16.9. The first-order chi connectivity index (χ1) is 22.9. The molecule has 2 unspecified atom stereocenters. The van der Waals surface area contributed by atoms with E-state index in [1.54, 1.807) is 31.7 Å². The molecule has 14 heteroatoms. The predicted octanol–water partition coefficient (Wildman–Crippen LogP) is 3.84. The van der Waals surface area contributed by atoms with Crippen LogP contribution in [0.2, 0.25) is 0 Å². The van der Waals surface area contributed by atoms with Crippen molar-refractivity contribution in [2.45, 2.75) is 111 Å². The first-order valence-electron chi connectivity index (χ1n) is 16.7. The number of carbonyl (C=O) groups is 5. The zero-order valence-corrected chi connectivity index (χ0v) is 29.9. The van der Waals surface area contributed by atoms with Crippen LogP contribution in [-0.2, 0) is 35.2 Å². The maximum atomic E-state index is 13.5. The van der Waals surface area contributed by atoms with Crippen LogP contribution < -0.4 is 20.7 Å². The summed E-state index contributed by atoms with van der Waals surface area (Å²) in [5.74, 6) is -1.53. The van der Waals surface area contributed by atoms with Crippen molar-refractivity contribution in [1.82, 2.24) is 31.0 Å². The minimum atomic E-state index is -1.27. The van der Waals surface area contributed by atoms with E-state index in [4.69, 9.17) is 14.2 Å². The molecule has 49 heavy (non-hydrogen) atoms. The summed E-state index contributed by atoms with van der Waals surface area (Å²) >= 11 is 0. The lowest BCUT2D eigenvalue weighted by Crippen LogP contribution is -2.51. The smallest absolute Gasteiger partial charge is 0.410 e. The topological polar surface area (TPSA) is 181 Å². The lowest BCUT2D eigenvalue weighted by Gasteiger charge is -2.34. The fourth-order valence-electron chi connectivity index (χ4n) is 5.31. The quantitative estimate of drug-likeness (QED) is 0.228. The number of aryl methyl sites for hydroxylation is 1. The Morgan fingerprint density at radius 3 is 2.35 bits per heavy atom. The van der Waals surface area contributed by atoms with Gasteiger partial charge in [-0.15, -0.1) is 0 Å². The summed E-state index contributed by atoms with van der Waals surface area (Å²) in [7, 11) is 0. The molecule has 0 bridgehead atoms. The number of aromatic nitrogens is 2. The standard InChI is InChI=1S/C35H52N6O8/c1-22-11-12-26(47-17-14-24-10-9-16-41(21-24)33(46)49-35(6,7)8)18-25(22)20-36-32(45)30(27-13-15-37-40-27)39-31(44)28(38-23(2)42)19-29(43)48-34(3,4)5/h11-13,15,18,24,28,30H,9-10,14,16-17,19-21H2,1-8H3,(H,36,45)(H,37,40)(H,38,42)(H,39,44)/t24?,28-,30?/m0/s1. The highest BCUT2D eigenvalue weighted by molar-refractivity contribution is 5.94. The highest BCUT2D eigenvalue weighted by Crippen LogP contribution is 2.24. The Balaban J connectivity index is 1.60. The van der Waals surface area contributed by atoms with Gasteiger partial charge < -0.3 is 35.1 Å². The molecule has 0 spiro atoms. The minimum absolute atomic E-state index is 0.142. The second-order valence-electron chi connectivity index (χ2n) is 14.4. The van der Waals surface area contributed by atoms with Gasteiger partial charge in [-0.2, -0.15) is 5.10 Å². The zero-order chi connectivity index (χ0) is 36.4. The van der Waals surface area contributed by atoms with Crippen molar-refractivity contribution in [3.63, 3.8) is 0 Å². The molecule has 4 amide bonds. The van der Waals surface area contributed by atoms with E-state index < -0.39 is 53.4 Å². The van der Waals surface area contributed by atoms with Crippen LogP contribution in [0.5, 0.6) is 5.75 Å². The molecule has 3 atom stereocenters. The van der Waals surface area contributed by atoms with E-state index in [9.17, 15) is 24.0 Å². The Hall–Kier alpha value is -4.62. The molecule has 2 aromatic rings. The average molecular weight is 685 g/mol. The lowest BCUT2D eigenvalue weighted by molar-refractivity contribution is -0.156. The number of H-pyrrole nitrogens is 1. The van der Waals surface area contributed by atoms with Crippen LogP contribution in [-0.4, -0.2) is 81.8 Å². The maximum absolute atomic E-state index is 13.5. The van der Waals surface area contributed by atoms with Crippen LogP contribution in [0, 0.1) is 12.8 Å². The van der Waals surface area contributed by atoms with Gasteiger partial charge in [0.1, 0.15) is 29.0 Å². The molecular formula is C35H52N6O8. The second-order valence-corrected chi connectivity index (χ2v) is 14.4. The van der Waals surface area contributed by atoms with Crippen molar-refractivity contribution < 1.29 is 38.2 Å². The molecule has 0 saturated carbocycles. The van der Waals surface area contributed by atoms with Crippen LogP contribution in [0.4, 0.5) is 4.79 Å². The summed E-state index contributed by atoms with van der Waals surface area (Å²) in [5, 5.41) is 14.6. The second kappa shape index (κ2) is 17.2. The van der Waals surface area contributed by atoms with Crippen LogP contribution in [0.3, 0.4) is 0 Å². The number of hydrogen-bond acceptors (Lipinski definition) is 9. The van der Waals surface area contributed by atoms with Crippen LogP contribution in [0.15, 0.2) is 30.5 Å². The first kappa shape index (κ1) is 38.8. The van der Waals surface area contributed by atoms with Gasteiger partial charge >= 0.3 is 12.1 Å². The lowest BCUT2D eigenvalue weighted by atomic mass is 9.95. The molecule has 270 valence electrons. The van der Waals surface area contributed by atoms with Crippen molar-refractivity contribution in [3.8, 4) is 5.75 Å². The van der Waals surface area contributed by atoms with E-state index in [0.29, 0.717) is 37.1 Å². The summed E-state index contributed by atoms with van der Waals surface area (Å²) in [5.41, 5.74) is 0.734. The number of aromatic amines is 1. The molecule has 1 aromatic carbocycles. The van der Waals surface area contributed by atoms with Crippen molar-refractivity contribution >= 4 is 29.8 Å². The monoisotopic (exact) mass is 684 g/mol. The van der Waals surface area contributed by atoms with Gasteiger partial charge in [-0.05, 0) is 103 Å². The molecule has 1 aliphatic rings. The van der Waals surface area contributed by atoms with Crippen molar-refractivity contribution in [3.05, 3.63) is 47.3 Å². The van der Waals surface area contributed by atoms with Crippen LogP contribution >= 0.6 is 0 Å². The first-order valence-corrected chi connectivity index (χ1v) is 16.7. The van der Waals surface area contributed by atoms with Gasteiger partial charge in [-0.25, -0.2) is 4.79 Å². The Labute approximate surface area is 288 Å². The number of amides is 4. The summed E-state index contributed by atoms with van der Waals surface area (Å²) in [6, 6.07) is 4.72. The molecule has 14 nitrogen and oxygen atoms in total. The summed E-state index contributed by atoms with van der Waals surface area (Å²) in [6.07, 6.45) is 3.43. The number of rotatable bonds is 13. The van der Waals surface area contributed by atoms with E-state index in [1.165, 1.54) is 13.1 Å². The SMILES string of the molecule is CC(=O)N[C@@H](CC(=O)OC(C)(C)C)C(=O)NC(C(=O)NCc1cc(OCCC2CCCN(C(=O)OC(C)(C)C)C2)ccc1C)c1ccn[nH]1. The number of ether oxygens (including phenoxy) is 3. The minimum Gasteiger partial charge on any atom is -0.494 e. The number of piperidine rings is 1. The molecular weight excluding hydrogens is 632 g/mol. The highest BCUT2D eigenvalue weighted by Gasteiger charge is 2.31. The Bertz CT molecular complexity index is 1450. The molecule has 0 aliphatic carbocycles. The summed E-state index contributed by atoms with van der Waals surface area (Å²) in [6.45, 7) is 15.7. The number of carbonyl (C=O) groups excluding carboxylic acids is 5. The van der Waals surface area contributed by atoms with E-state index in [1.807, 2.05) is 45.9 Å². The van der Waals surface area contributed by atoms with Gasteiger partial charge in [0.25, 0.3) is 0 Å². The van der Waals surface area contributed by atoms with Gasteiger partial charge in [0.05, 0.1) is 18.7 Å². The number of nitrogens with one attached hydrogen (secondary N) is 4. The highest BCUT2D eigenvalue weighted by atomic mass is 16.6. The third kappa shape index (κ3) is 13.4. The van der Waals surface area contributed by atoms with Gasteiger partial charge in [0.15, 0.2) is 0 Å². The van der Waals surface area contributed by atoms with Crippen molar-refractivity contribution in [1.29, 1.82) is 0 Å². The number of nitrogens with zero attached hydrogens (tertiary/aromatic N) is 2. The van der Waals surface area contributed by atoms with E-state index in [0.717, 1.165) is 30.4 Å². The molecule has 1 saturated heterocycles. The number of hydrogen-bond donors (Lipinski definition) is 4. The Morgan fingerprint density at radius 1 is 1.00 bits per heavy atom. The van der Waals surface area contributed by atoms with E-state index in [2.05, 4.69) is 26.1 Å². The van der Waals surface area contributed by atoms with E-state index in [-0.39, 0.29) is 12.6 Å². The predicted molar refractivity (Wildman–Crippen MR) is 181 cm³/mol. The van der Waals surface area contributed by atoms with Crippen molar-refractivity contribution in [2.75, 3.05) is 19.7 Å². The largest absolute Gasteiger partial charge is 0.494 e. The van der Waals surface area contributed by atoms with Gasteiger partial charge in [0, 0.05) is 32.8 Å². The van der Waals surface area contributed by atoms with Crippen molar-refractivity contribution in [2.24, 2.45) is 5.92 Å². The normalized spacial score (nSPS) is 16.2. The number of benzene rings is 1. The van der Waals surface area contributed by atoms with E-state index >= 15 is 0 Å². The molecule has 1 aliphatic heterocycles. The molecule has 4 N–H and O–H groups in total. The third-order valence-corrected chi connectivity index (χ3v) is 7.61. The zero-order valence-electron chi connectivity index (χ0n) is 29.9. The van der Waals surface area contributed by atoms with Crippen LogP contribution in [0.1, 0.15) is 97.0 Å². The molecule has 2 heterocycles. The fraction of sp³-hybridized carbons (Fsp3) is 0.600. The molecule has 1 fully saturated rings. The maximum Gasteiger partial charge on any atom is 0.410 e. The van der Waals surface area contributed by atoms with Gasteiger partial charge in [-0.3, -0.25) is 24.3 Å². The average Bonchev–Trinajstić information content (AvgIpc) is 3.52. The third-order valence-electron chi connectivity index (χ3n) is 7.61. The van der Waals surface area contributed by atoms with Gasteiger partial charge in [0.2, 0.25) is 17.7 Å². The molecule has 1 aromatic heterocycles.